The second-order valence-corrected chi connectivity index (χ2v) is 7.49. The first kappa shape index (κ1) is 20.6. The Morgan fingerprint density at radius 3 is 2.61 bits per heavy atom. The number of unbranched alkanes of at least 4 members (excludes halogenated alkanes) is 1. The molecule has 1 N–H and O–H groups in total. The van der Waals surface area contributed by atoms with Crippen LogP contribution in [0.4, 0.5) is 5.69 Å². The number of nitrogens with zero attached hydrogens (tertiary/aromatic N) is 3. The smallest absolute Gasteiger partial charge is 0.268 e. The molecular weight excluding hydrogens is 356 g/mol. The van der Waals surface area contributed by atoms with E-state index in [1.165, 1.54) is 4.90 Å². The maximum Gasteiger partial charge on any atom is 0.268 e. The van der Waals surface area contributed by atoms with E-state index in [0.29, 0.717) is 18.0 Å². The molecule has 28 heavy (non-hydrogen) atoms. The molecule has 1 aromatic rings. The lowest BCUT2D eigenvalue weighted by atomic mass is 10.2. The van der Waals surface area contributed by atoms with Crippen molar-refractivity contribution in [3.63, 3.8) is 0 Å². The van der Waals surface area contributed by atoms with Gasteiger partial charge in [-0.25, -0.2) is 0 Å². The molecule has 2 amide bonds. The first-order valence-corrected chi connectivity index (χ1v) is 10.4. The molecule has 2 aliphatic rings. The number of rotatable bonds is 8. The molecular formula is C21H32N4O3. The van der Waals surface area contributed by atoms with Crippen molar-refractivity contribution in [3.05, 3.63) is 24.3 Å². The number of para-hydroxylation sites is 2. The second-order valence-electron chi connectivity index (χ2n) is 7.49. The summed E-state index contributed by atoms with van der Waals surface area (Å²) in [7, 11) is 0. The van der Waals surface area contributed by atoms with E-state index in [0.717, 1.165) is 52.1 Å². The van der Waals surface area contributed by atoms with Crippen molar-refractivity contribution in [2.45, 2.75) is 32.8 Å². The van der Waals surface area contributed by atoms with Crippen molar-refractivity contribution >= 4 is 17.5 Å². The van der Waals surface area contributed by atoms with Gasteiger partial charge in [0.05, 0.1) is 5.69 Å². The number of nitrogens with one attached hydrogen (secondary N) is 1. The van der Waals surface area contributed by atoms with Crippen LogP contribution in [0.1, 0.15) is 26.7 Å². The fraction of sp³-hybridized carbons (Fsp3) is 0.619. The third-order valence-electron chi connectivity index (χ3n) is 5.51. The molecule has 0 bridgehead atoms. The van der Waals surface area contributed by atoms with E-state index in [1.54, 1.807) is 6.92 Å². The monoisotopic (exact) mass is 388 g/mol. The Morgan fingerprint density at radius 1 is 1.14 bits per heavy atom. The van der Waals surface area contributed by atoms with Crippen molar-refractivity contribution in [2.75, 3.05) is 57.3 Å². The number of amides is 2. The highest BCUT2D eigenvalue weighted by atomic mass is 16.5. The molecule has 1 unspecified atom stereocenters. The normalized spacial score (nSPS) is 20.6. The minimum Gasteiger partial charge on any atom is -0.479 e. The number of carbonyl (C=O) groups excluding carboxylic acids is 2. The number of carbonyl (C=O) groups is 2. The first-order valence-electron chi connectivity index (χ1n) is 10.4. The SMILES string of the molecule is CCN1CCN(CCCCNC(=O)CN2C(=O)C(C)Oc3ccccc32)CC1. The van der Waals surface area contributed by atoms with Crippen molar-refractivity contribution in [1.82, 2.24) is 15.1 Å². The van der Waals surface area contributed by atoms with Crippen molar-refractivity contribution in [3.8, 4) is 5.75 Å². The van der Waals surface area contributed by atoms with E-state index in [2.05, 4.69) is 22.0 Å². The molecule has 0 aliphatic carbocycles. The van der Waals surface area contributed by atoms with Crippen LogP contribution in [0.15, 0.2) is 24.3 Å². The van der Waals surface area contributed by atoms with Gasteiger partial charge in [-0.3, -0.25) is 14.5 Å². The van der Waals surface area contributed by atoms with E-state index < -0.39 is 6.10 Å². The van der Waals surface area contributed by atoms with Crippen LogP contribution in [0, 0.1) is 0 Å². The van der Waals surface area contributed by atoms with Crippen LogP contribution in [0.5, 0.6) is 5.75 Å². The van der Waals surface area contributed by atoms with Crippen LogP contribution in [0.25, 0.3) is 0 Å². The Morgan fingerprint density at radius 2 is 1.86 bits per heavy atom. The minimum absolute atomic E-state index is 0.0303. The number of likely N-dealkylation sites (N-methyl/N-ethyl adjacent to an activating group) is 1. The Labute approximate surface area is 167 Å². The van der Waals surface area contributed by atoms with Gasteiger partial charge in [0.1, 0.15) is 12.3 Å². The minimum atomic E-state index is -0.573. The summed E-state index contributed by atoms with van der Waals surface area (Å²) >= 11 is 0. The highest BCUT2D eigenvalue weighted by Gasteiger charge is 2.32. The van der Waals surface area contributed by atoms with Gasteiger partial charge in [-0.15, -0.1) is 0 Å². The molecule has 2 heterocycles. The molecule has 1 atom stereocenters. The molecule has 7 heteroatoms. The van der Waals surface area contributed by atoms with Gasteiger partial charge in [0.25, 0.3) is 5.91 Å². The number of fused-ring (bicyclic) bond motifs is 1. The third kappa shape index (κ3) is 5.23. The lowest BCUT2D eigenvalue weighted by molar-refractivity contribution is -0.128. The van der Waals surface area contributed by atoms with Crippen molar-refractivity contribution in [2.24, 2.45) is 0 Å². The fourth-order valence-corrected chi connectivity index (χ4v) is 3.74. The van der Waals surface area contributed by atoms with Crippen molar-refractivity contribution < 1.29 is 14.3 Å². The van der Waals surface area contributed by atoms with Crippen LogP contribution in [0.2, 0.25) is 0 Å². The zero-order valence-electron chi connectivity index (χ0n) is 17.0. The second kappa shape index (κ2) is 9.89. The standard InChI is InChI=1S/C21H32N4O3/c1-3-23-12-14-24(15-13-23)11-7-6-10-22-20(26)16-25-18-8-4-5-9-19(18)28-17(2)21(25)27/h4-5,8-9,17H,3,6-7,10-16H2,1-2H3,(H,22,26). The van der Waals surface area contributed by atoms with E-state index in [9.17, 15) is 9.59 Å². The molecule has 0 saturated carbocycles. The summed E-state index contributed by atoms with van der Waals surface area (Å²) in [5.74, 6) is 0.333. The summed E-state index contributed by atoms with van der Waals surface area (Å²) in [5, 5.41) is 2.95. The van der Waals surface area contributed by atoms with Gasteiger partial charge in [0, 0.05) is 32.7 Å². The predicted molar refractivity (Wildman–Crippen MR) is 110 cm³/mol. The molecule has 154 valence electrons. The zero-order chi connectivity index (χ0) is 19.9. The summed E-state index contributed by atoms with van der Waals surface area (Å²) in [6, 6.07) is 7.34. The summed E-state index contributed by atoms with van der Waals surface area (Å²) in [6.45, 7) is 11.4. The average Bonchev–Trinajstić information content (AvgIpc) is 2.71. The molecule has 7 nitrogen and oxygen atoms in total. The molecule has 1 fully saturated rings. The number of hydrogen-bond donors (Lipinski definition) is 1. The van der Waals surface area contributed by atoms with Gasteiger partial charge in [0.2, 0.25) is 5.91 Å². The van der Waals surface area contributed by atoms with E-state index >= 15 is 0 Å². The van der Waals surface area contributed by atoms with E-state index in [1.807, 2.05) is 24.3 Å². The van der Waals surface area contributed by atoms with E-state index in [-0.39, 0.29) is 18.4 Å². The van der Waals surface area contributed by atoms with Crippen LogP contribution < -0.4 is 15.0 Å². The Balaban J connectivity index is 1.37. The first-order chi connectivity index (χ1) is 13.6. The largest absolute Gasteiger partial charge is 0.479 e. The van der Waals surface area contributed by atoms with Gasteiger partial charge in [-0.05, 0) is 45.0 Å². The molecule has 3 rings (SSSR count). The topological polar surface area (TPSA) is 65.1 Å². The zero-order valence-corrected chi connectivity index (χ0v) is 17.0. The van der Waals surface area contributed by atoms with E-state index in [4.69, 9.17) is 4.74 Å². The quantitative estimate of drug-likeness (QED) is 0.681. The van der Waals surface area contributed by atoms with Gasteiger partial charge >= 0.3 is 0 Å². The lowest BCUT2D eigenvalue weighted by Gasteiger charge is -2.34. The molecule has 0 aromatic heterocycles. The van der Waals surface area contributed by atoms with Crippen molar-refractivity contribution in [1.29, 1.82) is 0 Å². The Kier molecular flexibility index (Phi) is 7.28. The Hall–Kier alpha value is -2.12. The summed E-state index contributed by atoms with van der Waals surface area (Å²) < 4.78 is 5.61. The number of ether oxygens (including phenoxy) is 1. The molecule has 1 aromatic carbocycles. The number of benzene rings is 1. The van der Waals surface area contributed by atoms with Crippen LogP contribution in [-0.4, -0.2) is 80.1 Å². The molecule has 1 saturated heterocycles. The molecule has 0 radical (unpaired) electrons. The maximum absolute atomic E-state index is 12.4. The number of anilines is 1. The summed E-state index contributed by atoms with van der Waals surface area (Å²) in [4.78, 5) is 31.3. The predicted octanol–water partition coefficient (Wildman–Crippen LogP) is 1.33. The summed E-state index contributed by atoms with van der Waals surface area (Å²) in [5.41, 5.74) is 0.659. The Bertz CT molecular complexity index is 673. The van der Waals surface area contributed by atoms with Crippen LogP contribution >= 0.6 is 0 Å². The van der Waals surface area contributed by atoms with Gasteiger partial charge < -0.3 is 19.9 Å². The van der Waals surface area contributed by atoms with Crippen LogP contribution in [-0.2, 0) is 9.59 Å². The van der Waals surface area contributed by atoms with Gasteiger partial charge in [-0.2, -0.15) is 0 Å². The molecule has 0 spiro atoms. The maximum atomic E-state index is 12.4. The number of hydrogen-bond acceptors (Lipinski definition) is 5. The van der Waals surface area contributed by atoms with Gasteiger partial charge in [0.15, 0.2) is 6.10 Å². The third-order valence-corrected chi connectivity index (χ3v) is 5.51. The lowest BCUT2D eigenvalue weighted by Crippen LogP contribution is -2.49. The summed E-state index contributed by atoms with van der Waals surface area (Å²) in [6.07, 6.45) is 1.45. The number of piperazine rings is 1. The highest BCUT2D eigenvalue weighted by molar-refractivity contribution is 6.03. The van der Waals surface area contributed by atoms with Crippen LogP contribution in [0.3, 0.4) is 0 Å². The highest BCUT2D eigenvalue weighted by Crippen LogP contribution is 2.33. The molecule has 2 aliphatic heterocycles. The van der Waals surface area contributed by atoms with Gasteiger partial charge in [-0.1, -0.05) is 19.1 Å². The average molecular weight is 389 g/mol. The fourth-order valence-electron chi connectivity index (χ4n) is 3.74.